The van der Waals surface area contributed by atoms with Crippen molar-refractivity contribution < 1.29 is 14.6 Å². The fraction of sp³-hybridized carbons (Fsp3) is 0.125. The summed E-state index contributed by atoms with van der Waals surface area (Å²) < 4.78 is 5.60. The number of aromatic amines is 1. The number of aromatic carboxylic acids is 1. The van der Waals surface area contributed by atoms with Crippen LogP contribution in [-0.2, 0) is 0 Å². The van der Waals surface area contributed by atoms with E-state index in [2.05, 4.69) is 9.97 Å². The number of para-hydroxylation sites is 1. The molecular weight excluding hydrogens is 268 g/mol. The van der Waals surface area contributed by atoms with Crippen LogP contribution in [0.3, 0.4) is 0 Å². The highest BCUT2D eigenvalue weighted by Gasteiger charge is 2.12. The van der Waals surface area contributed by atoms with E-state index in [9.17, 15) is 4.79 Å². The Labute approximate surface area is 121 Å². The molecular formula is C16H14N2O3. The van der Waals surface area contributed by atoms with Gasteiger partial charge in [0.1, 0.15) is 11.6 Å². The van der Waals surface area contributed by atoms with E-state index in [4.69, 9.17) is 9.84 Å². The number of aromatic nitrogens is 2. The molecule has 5 nitrogen and oxygen atoms in total. The standard InChI is InChI=1S/C16H14N2O3/c1-2-21-14-6-4-3-5-11(14)15-17-12-8-7-10(16(19)20)9-13(12)18-15/h3-9H,2H2,1H3,(H,17,18)(H,19,20). The van der Waals surface area contributed by atoms with E-state index >= 15 is 0 Å². The van der Waals surface area contributed by atoms with Gasteiger partial charge in [-0.05, 0) is 37.3 Å². The summed E-state index contributed by atoms with van der Waals surface area (Å²) >= 11 is 0. The molecule has 3 aromatic rings. The topological polar surface area (TPSA) is 75.2 Å². The quantitative estimate of drug-likeness (QED) is 0.769. The van der Waals surface area contributed by atoms with Crippen LogP contribution in [0.4, 0.5) is 0 Å². The van der Waals surface area contributed by atoms with Crippen molar-refractivity contribution in [3.8, 4) is 17.1 Å². The maximum Gasteiger partial charge on any atom is 0.335 e. The van der Waals surface area contributed by atoms with E-state index in [1.165, 1.54) is 0 Å². The molecule has 106 valence electrons. The summed E-state index contributed by atoms with van der Waals surface area (Å²) in [6, 6.07) is 12.4. The number of nitrogens with zero attached hydrogens (tertiary/aromatic N) is 1. The van der Waals surface area contributed by atoms with E-state index in [1.54, 1.807) is 18.2 Å². The van der Waals surface area contributed by atoms with E-state index in [-0.39, 0.29) is 5.56 Å². The SMILES string of the molecule is CCOc1ccccc1-c1nc2ccc(C(=O)O)cc2[nH]1. The van der Waals surface area contributed by atoms with Crippen molar-refractivity contribution in [2.75, 3.05) is 6.61 Å². The zero-order chi connectivity index (χ0) is 14.8. The van der Waals surface area contributed by atoms with Gasteiger partial charge in [-0.1, -0.05) is 12.1 Å². The monoisotopic (exact) mass is 282 g/mol. The number of carbonyl (C=O) groups is 1. The summed E-state index contributed by atoms with van der Waals surface area (Å²) in [5.74, 6) is 0.455. The van der Waals surface area contributed by atoms with Gasteiger partial charge in [0.25, 0.3) is 0 Å². The molecule has 21 heavy (non-hydrogen) atoms. The number of H-pyrrole nitrogens is 1. The molecule has 2 aromatic carbocycles. The van der Waals surface area contributed by atoms with E-state index in [0.717, 1.165) is 16.8 Å². The van der Waals surface area contributed by atoms with Gasteiger partial charge in [0.15, 0.2) is 0 Å². The number of fused-ring (bicyclic) bond motifs is 1. The summed E-state index contributed by atoms with van der Waals surface area (Å²) in [6.07, 6.45) is 0. The Morgan fingerprint density at radius 2 is 2.10 bits per heavy atom. The Kier molecular flexibility index (Phi) is 3.31. The van der Waals surface area contributed by atoms with Crippen LogP contribution in [0, 0.1) is 0 Å². The van der Waals surface area contributed by atoms with Crippen LogP contribution in [0.25, 0.3) is 22.4 Å². The third-order valence-corrected chi connectivity index (χ3v) is 3.17. The smallest absolute Gasteiger partial charge is 0.335 e. The number of benzene rings is 2. The minimum Gasteiger partial charge on any atom is -0.493 e. The Hall–Kier alpha value is -2.82. The van der Waals surface area contributed by atoms with Crippen molar-refractivity contribution >= 4 is 17.0 Å². The number of hydrogen-bond acceptors (Lipinski definition) is 3. The second-order valence-electron chi connectivity index (χ2n) is 4.55. The lowest BCUT2D eigenvalue weighted by atomic mass is 10.2. The zero-order valence-corrected chi connectivity index (χ0v) is 11.5. The van der Waals surface area contributed by atoms with Crippen molar-refractivity contribution in [3.63, 3.8) is 0 Å². The molecule has 0 spiro atoms. The molecule has 0 fully saturated rings. The van der Waals surface area contributed by atoms with Gasteiger partial charge in [0.2, 0.25) is 0 Å². The van der Waals surface area contributed by atoms with Crippen molar-refractivity contribution in [1.29, 1.82) is 0 Å². The number of imidazole rings is 1. The minimum absolute atomic E-state index is 0.232. The normalized spacial score (nSPS) is 10.7. The van der Waals surface area contributed by atoms with Gasteiger partial charge < -0.3 is 14.8 Å². The third kappa shape index (κ3) is 2.45. The van der Waals surface area contributed by atoms with Crippen LogP contribution in [0.5, 0.6) is 5.75 Å². The molecule has 0 bridgehead atoms. The van der Waals surface area contributed by atoms with Crippen molar-refractivity contribution in [3.05, 3.63) is 48.0 Å². The maximum absolute atomic E-state index is 11.0. The van der Waals surface area contributed by atoms with Gasteiger partial charge in [0, 0.05) is 0 Å². The van der Waals surface area contributed by atoms with Crippen LogP contribution in [0.2, 0.25) is 0 Å². The average molecular weight is 282 g/mol. The van der Waals surface area contributed by atoms with E-state index in [1.807, 2.05) is 31.2 Å². The fourth-order valence-corrected chi connectivity index (χ4v) is 2.21. The summed E-state index contributed by atoms with van der Waals surface area (Å²) in [4.78, 5) is 18.7. The van der Waals surface area contributed by atoms with E-state index < -0.39 is 5.97 Å². The van der Waals surface area contributed by atoms with Gasteiger partial charge >= 0.3 is 5.97 Å². The van der Waals surface area contributed by atoms with Gasteiger partial charge in [-0.3, -0.25) is 0 Å². The van der Waals surface area contributed by atoms with Crippen molar-refractivity contribution in [2.24, 2.45) is 0 Å². The first-order valence-corrected chi connectivity index (χ1v) is 6.64. The predicted octanol–water partition coefficient (Wildman–Crippen LogP) is 3.33. The van der Waals surface area contributed by atoms with Gasteiger partial charge in [0.05, 0.1) is 28.8 Å². The molecule has 0 amide bonds. The summed E-state index contributed by atoms with van der Waals surface area (Å²) in [5.41, 5.74) is 2.50. The number of nitrogens with one attached hydrogen (secondary N) is 1. The number of carboxylic acid groups (broad SMARTS) is 1. The highest BCUT2D eigenvalue weighted by Crippen LogP contribution is 2.29. The summed E-state index contributed by atoms with van der Waals surface area (Å²) in [6.45, 7) is 2.49. The first-order chi connectivity index (χ1) is 10.2. The largest absolute Gasteiger partial charge is 0.493 e. The lowest BCUT2D eigenvalue weighted by Gasteiger charge is -2.07. The third-order valence-electron chi connectivity index (χ3n) is 3.17. The second kappa shape index (κ2) is 5.28. The van der Waals surface area contributed by atoms with Crippen molar-refractivity contribution in [1.82, 2.24) is 9.97 Å². The number of ether oxygens (including phenoxy) is 1. The Morgan fingerprint density at radius 3 is 2.86 bits per heavy atom. The molecule has 3 rings (SSSR count). The number of carboxylic acids is 1. The Bertz CT molecular complexity index is 808. The molecule has 0 aliphatic rings. The Balaban J connectivity index is 2.11. The zero-order valence-electron chi connectivity index (χ0n) is 11.5. The summed E-state index contributed by atoms with van der Waals surface area (Å²) in [7, 11) is 0. The fourth-order valence-electron chi connectivity index (χ4n) is 2.21. The van der Waals surface area contributed by atoms with Gasteiger partial charge in [-0.25, -0.2) is 9.78 Å². The Morgan fingerprint density at radius 1 is 1.29 bits per heavy atom. The van der Waals surface area contributed by atoms with Crippen LogP contribution in [-0.4, -0.2) is 27.7 Å². The molecule has 0 saturated heterocycles. The lowest BCUT2D eigenvalue weighted by molar-refractivity contribution is 0.0697. The van der Waals surface area contributed by atoms with Crippen LogP contribution < -0.4 is 4.74 Å². The molecule has 0 aliphatic heterocycles. The molecule has 1 heterocycles. The number of hydrogen-bond donors (Lipinski definition) is 2. The van der Waals surface area contributed by atoms with Crippen LogP contribution in [0.1, 0.15) is 17.3 Å². The molecule has 1 aromatic heterocycles. The highest BCUT2D eigenvalue weighted by molar-refractivity contribution is 5.93. The lowest BCUT2D eigenvalue weighted by Crippen LogP contribution is -1.94. The minimum atomic E-state index is -0.956. The maximum atomic E-state index is 11.0. The van der Waals surface area contributed by atoms with Crippen LogP contribution in [0.15, 0.2) is 42.5 Å². The predicted molar refractivity (Wildman–Crippen MR) is 79.7 cm³/mol. The first kappa shape index (κ1) is 13.2. The molecule has 0 aliphatic carbocycles. The molecule has 5 heteroatoms. The van der Waals surface area contributed by atoms with E-state index in [0.29, 0.717) is 17.9 Å². The van der Waals surface area contributed by atoms with Crippen molar-refractivity contribution in [2.45, 2.75) is 6.92 Å². The first-order valence-electron chi connectivity index (χ1n) is 6.64. The van der Waals surface area contributed by atoms with Gasteiger partial charge in [-0.2, -0.15) is 0 Å². The number of rotatable bonds is 4. The highest BCUT2D eigenvalue weighted by atomic mass is 16.5. The average Bonchev–Trinajstić information content (AvgIpc) is 2.90. The molecule has 0 saturated carbocycles. The molecule has 0 radical (unpaired) electrons. The van der Waals surface area contributed by atoms with Gasteiger partial charge in [-0.15, -0.1) is 0 Å². The molecule has 0 unspecified atom stereocenters. The molecule has 0 atom stereocenters. The summed E-state index contributed by atoms with van der Waals surface area (Å²) in [5, 5.41) is 9.03. The molecule has 2 N–H and O–H groups in total. The van der Waals surface area contributed by atoms with Crippen LogP contribution >= 0.6 is 0 Å². The second-order valence-corrected chi connectivity index (χ2v) is 4.55.